The van der Waals surface area contributed by atoms with Crippen LogP contribution in [-0.2, 0) is 20.7 Å². The molecule has 33 heavy (non-hydrogen) atoms. The number of halogens is 1. The molecule has 7 heteroatoms. The van der Waals surface area contributed by atoms with Crippen LogP contribution in [0.2, 0.25) is 5.02 Å². The third-order valence-electron chi connectivity index (χ3n) is 5.62. The van der Waals surface area contributed by atoms with Crippen LogP contribution < -0.4 is 0 Å². The Labute approximate surface area is 205 Å². The summed E-state index contributed by atoms with van der Waals surface area (Å²) in [5.41, 5.74) is 3.24. The Morgan fingerprint density at radius 1 is 0.848 bits per heavy atom. The van der Waals surface area contributed by atoms with Gasteiger partial charge in [0.2, 0.25) is 0 Å². The molecule has 176 valence electrons. The number of nitrogens with zero attached hydrogens (tertiary/aromatic N) is 2. The summed E-state index contributed by atoms with van der Waals surface area (Å²) in [5.74, 6) is 0.567. The molecular weight excluding hydrogens is 472 g/mol. The van der Waals surface area contributed by atoms with Crippen molar-refractivity contribution in [2.75, 3.05) is 18.8 Å². The highest BCUT2D eigenvalue weighted by molar-refractivity contribution is 8.00. The van der Waals surface area contributed by atoms with Gasteiger partial charge in [-0.1, -0.05) is 73.0 Å². The smallest absolute Gasteiger partial charge is 0.288 e. The van der Waals surface area contributed by atoms with E-state index >= 15 is 0 Å². The van der Waals surface area contributed by atoms with Crippen molar-refractivity contribution in [1.82, 2.24) is 4.90 Å². The molecule has 2 unspecified atom stereocenters. The molecule has 0 saturated heterocycles. The molecule has 0 aromatic heterocycles. The van der Waals surface area contributed by atoms with E-state index in [0.717, 1.165) is 34.7 Å². The van der Waals surface area contributed by atoms with Crippen molar-refractivity contribution in [3.05, 3.63) is 94.5 Å². The van der Waals surface area contributed by atoms with Gasteiger partial charge in [0, 0.05) is 21.7 Å². The minimum absolute atomic E-state index is 0.0128. The van der Waals surface area contributed by atoms with E-state index in [9.17, 15) is 8.42 Å². The molecule has 0 aliphatic carbocycles. The molecule has 2 atom stereocenters. The largest absolute Gasteiger partial charge is 0.296 e. The van der Waals surface area contributed by atoms with E-state index < -0.39 is 20.7 Å². The predicted molar refractivity (Wildman–Crippen MR) is 140 cm³/mol. The van der Waals surface area contributed by atoms with Crippen LogP contribution in [0.15, 0.2) is 86.4 Å². The van der Waals surface area contributed by atoms with Crippen LogP contribution in [0.25, 0.3) is 0 Å². The molecular formula is C26H31ClN2O2S2. The first kappa shape index (κ1) is 25.6. The number of sulfonamides is 1. The molecule has 3 aromatic carbocycles. The molecule has 0 aliphatic heterocycles. The Kier molecular flexibility index (Phi) is 8.88. The minimum atomic E-state index is -3.81. The van der Waals surface area contributed by atoms with Crippen molar-refractivity contribution in [2.45, 2.75) is 43.5 Å². The first-order valence-corrected chi connectivity index (χ1v) is 14.2. The summed E-state index contributed by atoms with van der Waals surface area (Å²) in [6, 6.07) is 22.7. The van der Waals surface area contributed by atoms with E-state index in [1.165, 1.54) is 0 Å². The highest BCUT2D eigenvalue weighted by Gasteiger charge is 2.23. The van der Waals surface area contributed by atoms with Gasteiger partial charge in [0.1, 0.15) is 0 Å². The maximum Gasteiger partial charge on any atom is 0.288 e. The predicted octanol–water partition coefficient (Wildman–Crippen LogP) is 6.59. The maximum atomic E-state index is 13.3. The molecule has 4 nitrogen and oxygen atoms in total. The summed E-state index contributed by atoms with van der Waals surface area (Å²) in [4.78, 5) is 3.48. The normalized spacial score (nSPS) is 13.9. The zero-order chi connectivity index (χ0) is 24.0. The first-order chi connectivity index (χ1) is 15.7. The van der Waals surface area contributed by atoms with Crippen LogP contribution in [0.4, 0.5) is 0 Å². The van der Waals surface area contributed by atoms with Gasteiger partial charge in [-0.3, -0.25) is 4.90 Å². The maximum absolute atomic E-state index is 13.3. The summed E-state index contributed by atoms with van der Waals surface area (Å²) in [7, 11) is -4.68. The van der Waals surface area contributed by atoms with E-state index in [1.807, 2.05) is 62.4 Å². The van der Waals surface area contributed by atoms with Gasteiger partial charge in [0.25, 0.3) is 10.0 Å². The van der Waals surface area contributed by atoms with Crippen molar-refractivity contribution in [3.63, 3.8) is 0 Å². The molecule has 0 fully saturated rings. The Bertz CT molecular complexity index is 1190. The molecule has 0 radical (unpaired) electrons. The third-order valence-corrected chi connectivity index (χ3v) is 9.70. The van der Waals surface area contributed by atoms with E-state index in [4.69, 9.17) is 11.6 Å². The number of hydrogen-bond acceptors (Lipinski definition) is 3. The Morgan fingerprint density at radius 2 is 1.36 bits per heavy atom. The quantitative estimate of drug-likeness (QED) is 0.331. The van der Waals surface area contributed by atoms with Crippen LogP contribution >= 0.6 is 11.6 Å². The van der Waals surface area contributed by atoms with Crippen LogP contribution in [-0.4, -0.2) is 32.2 Å². The van der Waals surface area contributed by atoms with Crippen LogP contribution in [0.3, 0.4) is 0 Å². The van der Waals surface area contributed by atoms with Crippen molar-refractivity contribution in [3.8, 4) is 0 Å². The Balaban J connectivity index is 2.11. The lowest BCUT2D eigenvalue weighted by molar-refractivity contribution is 0.238. The van der Waals surface area contributed by atoms with Gasteiger partial charge in [-0.15, -0.1) is 3.77 Å². The number of benzene rings is 3. The van der Waals surface area contributed by atoms with Crippen LogP contribution in [0.5, 0.6) is 0 Å². The fourth-order valence-electron chi connectivity index (χ4n) is 3.65. The second-order valence-corrected chi connectivity index (χ2v) is 12.0. The monoisotopic (exact) mass is 502 g/mol. The van der Waals surface area contributed by atoms with E-state index in [-0.39, 0.29) is 10.9 Å². The molecule has 0 aliphatic rings. The summed E-state index contributed by atoms with van der Waals surface area (Å²) in [6.07, 6.45) is 0. The molecule has 3 rings (SSSR count). The van der Waals surface area contributed by atoms with Crippen LogP contribution in [0, 0.1) is 13.8 Å². The van der Waals surface area contributed by atoms with Gasteiger partial charge in [-0.05, 0) is 79.6 Å². The molecule has 0 saturated carbocycles. The summed E-state index contributed by atoms with van der Waals surface area (Å²) in [6.45, 7) is 9.89. The lowest BCUT2D eigenvalue weighted by Gasteiger charge is -2.31. The zero-order valence-electron chi connectivity index (χ0n) is 19.5. The summed E-state index contributed by atoms with van der Waals surface area (Å²) in [5, 5.41) is 0.682. The first-order valence-electron chi connectivity index (χ1n) is 11.1. The lowest BCUT2D eigenvalue weighted by Crippen LogP contribution is -2.32. The average Bonchev–Trinajstić information content (AvgIpc) is 2.80. The molecule has 0 bridgehead atoms. The second kappa shape index (κ2) is 11.4. The van der Waals surface area contributed by atoms with Crippen molar-refractivity contribution < 1.29 is 8.42 Å². The molecule has 0 N–H and O–H groups in total. The highest BCUT2D eigenvalue weighted by atomic mass is 35.5. The van der Waals surface area contributed by atoms with Crippen molar-refractivity contribution >= 4 is 32.3 Å². The number of hydrogen-bond donors (Lipinski definition) is 0. The lowest BCUT2D eigenvalue weighted by atomic mass is 10.1. The Morgan fingerprint density at radius 3 is 1.88 bits per heavy atom. The van der Waals surface area contributed by atoms with Gasteiger partial charge in [-0.25, -0.2) is 0 Å². The summed E-state index contributed by atoms with van der Waals surface area (Å²) >= 11 is 6.14. The fourth-order valence-corrected chi connectivity index (χ4v) is 7.48. The molecule has 0 spiro atoms. The van der Waals surface area contributed by atoms with Gasteiger partial charge in [0.05, 0.1) is 4.90 Å². The minimum Gasteiger partial charge on any atom is -0.296 e. The van der Waals surface area contributed by atoms with Crippen LogP contribution in [0.1, 0.15) is 36.6 Å². The molecule has 3 aromatic rings. The topological polar surface area (TPSA) is 49.7 Å². The second-order valence-electron chi connectivity index (χ2n) is 8.00. The van der Waals surface area contributed by atoms with Gasteiger partial charge in [-0.2, -0.15) is 8.42 Å². The standard InChI is InChI=1S/C26H31ClN2O2S2/c1-5-29(6-2)26(22-11-13-23(27)14-12-22)19-32(24-15-7-20(3)8-16-24)28-33(30,31)25-17-9-21(4)10-18-25/h7-18,26H,5-6,19H2,1-4H3. The number of rotatable bonds is 9. The third kappa shape index (κ3) is 6.76. The SMILES string of the molecule is CCN(CC)C(CS(=NS(=O)(=O)c1ccc(C)cc1)c1ccc(C)cc1)c1ccc(Cl)cc1. The summed E-state index contributed by atoms with van der Waals surface area (Å²) < 4.78 is 31.0. The van der Waals surface area contributed by atoms with E-state index in [0.29, 0.717) is 10.8 Å². The van der Waals surface area contributed by atoms with E-state index in [1.54, 1.807) is 24.3 Å². The Hall–Kier alpha value is -1.99. The van der Waals surface area contributed by atoms with Gasteiger partial charge >= 0.3 is 0 Å². The zero-order valence-corrected chi connectivity index (χ0v) is 21.9. The average molecular weight is 503 g/mol. The van der Waals surface area contributed by atoms with Gasteiger partial charge in [0.15, 0.2) is 0 Å². The molecule has 0 amide bonds. The number of aryl methyl sites for hydroxylation is 2. The fraction of sp³-hybridized carbons (Fsp3) is 0.308. The van der Waals surface area contributed by atoms with Crippen molar-refractivity contribution in [1.29, 1.82) is 0 Å². The van der Waals surface area contributed by atoms with E-state index in [2.05, 4.69) is 22.5 Å². The van der Waals surface area contributed by atoms with Gasteiger partial charge < -0.3 is 0 Å². The highest BCUT2D eigenvalue weighted by Crippen LogP contribution is 2.28. The molecule has 0 heterocycles. The van der Waals surface area contributed by atoms with Crippen molar-refractivity contribution in [2.24, 2.45) is 3.77 Å².